The number of carbonyl (C=O) groups excluding carboxylic acids is 1. The fourth-order valence-corrected chi connectivity index (χ4v) is 2.79. The first-order chi connectivity index (χ1) is 9.95. The van der Waals surface area contributed by atoms with E-state index < -0.39 is 5.97 Å². The van der Waals surface area contributed by atoms with Crippen molar-refractivity contribution in [2.24, 2.45) is 5.92 Å². The highest BCUT2D eigenvalue weighted by atomic mass is 35.5. The zero-order valence-corrected chi connectivity index (χ0v) is 12.6. The van der Waals surface area contributed by atoms with Crippen LogP contribution < -0.4 is 10.6 Å². The number of amides is 2. The van der Waals surface area contributed by atoms with Gasteiger partial charge in [-0.15, -0.1) is 0 Å². The van der Waals surface area contributed by atoms with E-state index in [9.17, 15) is 9.59 Å². The Balaban J connectivity index is 1.92. The summed E-state index contributed by atoms with van der Waals surface area (Å²) in [4.78, 5) is 23.0. The van der Waals surface area contributed by atoms with E-state index in [1.165, 1.54) is 0 Å². The summed E-state index contributed by atoms with van der Waals surface area (Å²) in [6.07, 6.45) is 2.80. The normalized spacial score (nSPS) is 21.6. The molecule has 0 aromatic heterocycles. The number of aryl methyl sites for hydroxylation is 1. The predicted octanol–water partition coefficient (Wildman–Crippen LogP) is 3.41. The van der Waals surface area contributed by atoms with E-state index in [1.807, 2.05) is 13.0 Å². The van der Waals surface area contributed by atoms with Crippen molar-refractivity contribution >= 4 is 29.3 Å². The fourth-order valence-electron chi connectivity index (χ4n) is 2.62. The lowest BCUT2D eigenvalue weighted by molar-refractivity contribution is -0.143. The molecule has 114 valence electrons. The van der Waals surface area contributed by atoms with Gasteiger partial charge >= 0.3 is 12.0 Å². The molecule has 21 heavy (non-hydrogen) atoms. The number of carbonyl (C=O) groups is 2. The van der Waals surface area contributed by atoms with Gasteiger partial charge in [-0.2, -0.15) is 0 Å². The predicted molar refractivity (Wildman–Crippen MR) is 81.7 cm³/mol. The third-order valence-electron chi connectivity index (χ3n) is 3.81. The third kappa shape index (κ3) is 4.36. The number of carboxylic acid groups (broad SMARTS) is 1. The summed E-state index contributed by atoms with van der Waals surface area (Å²) in [6, 6.07) is 4.87. The molecule has 0 spiro atoms. The van der Waals surface area contributed by atoms with Crippen molar-refractivity contribution in [1.82, 2.24) is 5.32 Å². The number of carboxylic acids is 1. The highest BCUT2D eigenvalue weighted by Gasteiger charge is 2.27. The van der Waals surface area contributed by atoms with Gasteiger partial charge in [0.1, 0.15) is 0 Å². The Labute approximate surface area is 128 Å². The van der Waals surface area contributed by atoms with Gasteiger partial charge in [-0.3, -0.25) is 4.79 Å². The highest BCUT2D eigenvalue weighted by Crippen LogP contribution is 2.25. The minimum Gasteiger partial charge on any atom is -0.481 e. The minimum atomic E-state index is -0.785. The van der Waals surface area contributed by atoms with Crippen LogP contribution in [-0.4, -0.2) is 23.1 Å². The smallest absolute Gasteiger partial charge is 0.319 e. The lowest BCUT2D eigenvalue weighted by atomic mass is 9.86. The zero-order chi connectivity index (χ0) is 15.4. The largest absolute Gasteiger partial charge is 0.481 e. The molecule has 2 amide bonds. The topological polar surface area (TPSA) is 78.4 Å². The summed E-state index contributed by atoms with van der Waals surface area (Å²) < 4.78 is 0. The first-order valence-corrected chi connectivity index (χ1v) is 7.40. The highest BCUT2D eigenvalue weighted by molar-refractivity contribution is 6.31. The van der Waals surface area contributed by atoms with Crippen molar-refractivity contribution in [1.29, 1.82) is 0 Å². The maximum absolute atomic E-state index is 12.0. The molecule has 3 N–H and O–H groups in total. The van der Waals surface area contributed by atoms with Crippen LogP contribution in [0.4, 0.5) is 10.5 Å². The summed E-state index contributed by atoms with van der Waals surface area (Å²) in [7, 11) is 0. The van der Waals surface area contributed by atoms with Gasteiger partial charge in [-0.1, -0.05) is 24.1 Å². The van der Waals surface area contributed by atoms with Crippen LogP contribution in [-0.2, 0) is 4.79 Å². The molecule has 1 aliphatic rings. The maximum atomic E-state index is 12.0. The summed E-state index contributed by atoms with van der Waals surface area (Å²) in [6.45, 7) is 1.88. The lowest BCUT2D eigenvalue weighted by Gasteiger charge is -2.27. The molecule has 2 atom stereocenters. The Hall–Kier alpha value is -1.75. The number of halogens is 1. The number of nitrogens with one attached hydrogen (secondary N) is 2. The van der Waals surface area contributed by atoms with Gasteiger partial charge in [0.15, 0.2) is 0 Å². The van der Waals surface area contributed by atoms with Crippen LogP contribution in [0.15, 0.2) is 18.2 Å². The van der Waals surface area contributed by atoms with E-state index in [1.54, 1.807) is 12.1 Å². The molecule has 6 heteroatoms. The number of urea groups is 1. The van der Waals surface area contributed by atoms with Crippen LogP contribution in [0.1, 0.15) is 31.2 Å². The number of rotatable bonds is 3. The standard InChI is InChI=1S/C15H19ClN2O3/c1-9-5-6-11(16)8-13(9)18-15(21)17-12-4-2-3-10(7-12)14(19)20/h5-6,8,10,12H,2-4,7H2,1H3,(H,19,20)(H2,17,18,21). The first kappa shape index (κ1) is 15.6. The molecule has 1 aromatic rings. The second-order valence-electron chi connectivity index (χ2n) is 5.46. The van der Waals surface area contributed by atoms with Crippen molar-refractivity contribution < 1.29 is 14.7 Å². The van der Waals surface area contributed by atoms with Gasteiger partial charge in [0.2, 0.25) is 0 Å². The van der Waals surface area contributed by atoms with Crippen LogP contribution in [0, 0.1) is 12.8 Å². The van der Waals surface area contributed by atoms with Crippen LogP contribution >= 0.6 is 11.6 Å². The molecule has 1 aliphatic carbocycles. The van der Waals surface area contributed by atoms with Crippen molar-refractivity contribution in [3.8, 4) is 0 Å². The first-order valence-electron chi connectivity index (χ1n) is 7.02. The van der Waals surface area contributed by atoms with E-state index in [0.29, 0.717) is 23.6 Å². The van der Waals surface area contributed by atoms with Crippen LogP contribution in [0.2, 0.25) is 5.02 Å². The Morgan fingerprint density at radius 2 is 2.10 bits per heavy atom. The van der Waals surface area contributed by atoms with Crippen LogP contribution in [0.5, 0.6) is 0 Å². The number of anilines is 1. The molecular weight excluding hydrogens is 292 g/mol. The van der Waals surface area contributed by atoms with E-state index in [4.69, 9.17) is 16.7 Å². The van der Waals surface area contributed by atoms with Crippen molar-refractivity contribution in [3.63, 3.8) is 0 Å². The molecule has 2 unspecified atom stereocenters. The second-order valence-corrected chi connectivity index (χ2v) is 5.89. The van der Waals surface area contributed by atoms with Crippen LogP contribution in [0.3, 0.4) is 0 Å². The summed E-state index contributed by atoms with van der Waals surface area (Å²) >= 11 is 5.91. The van der Waals surface area contributed by atoms with Crippen molar-refractivity contribution in [2.45, 2.75) is 38.6 Å². The zero-order valence-electron chi connectivity index (χ0n) is 11.9. The van der Waals surface area contributed by atoms with Crippen LogP contribution in [0.25, 0.3) is 0 Å². The molecule has 0 heterocycles. The molecule has 1 aromatic carbocycles. The molecule has 1 fully saturated rings. The molecular formula is C15H19ClN2O3. The Morgan fingerprint density at radius 3 is 2.81 bits per heavy atom. The van der Waals surface area contributed by atoms with Gasteiger partial charge in [0.25, 0.3) is 0 Å². The van der Waals surface area contributed by atoms with Gasteiger partial charge in [-0.05, 0) is 43.9 Å². The van der Waals surface area contributed by atoms with Crippen molar-refractivity contribution in [2.75, 3.05) is 5.32 Å². The molecule has 2 rings (SSSR count). The monoisotopic (exact) mass is 310 g/mol. The molecule has 0 aliphatic heterocycles. The number of hydrogen-bond acceptors (Lipinski definition) is 2. The molecule has 0 radical (unpaired) electrons. The van der Waals surface area contributed by atoms with Gasteiger partial charge in [-0.25, -0.2) is 4.79 Å². The van der Waals surface area contributed by atoms with Gasteiger partial charge < -0.3 is 15.7 Å². The Bertz CT molecular complexity index is 548. The number of aliphatic carboxylic acids is 1. The summed E-state index contributed by atoms with van der Waals surface area (Å²) in [5.74, 6) is -1.15. The quantitative estimate of drug-likeness (QED) is 0.800. The molecule has 1 saturated carbocycles. The molecule has 0 saturated heterocycles. The average Bonchev–Trinajstić information content (AvgIpc) is 2.43. The number of benzene rings is 1. The van der Waals surface area contributed by atoms with E-state index in [2.05, 4.69) is 10.6 Å². The molecule has 0 bridgehead atoms. The van der Waals surface area contributed by atoms with E-state index in [-0.39, 0.29) is 18.0 Å². The average molecular weight is 311 g/mol. The maximum Gasteiger partial charge on any atom is 0.319 e. The SMILES string of the molecule is Cc1ccc(Cl)cc1NC(=O)NC1CCCC(C(=O)O)C1. The third-order valence-corrected chi connectivity index (χ3v) is 4.04. The lowest BCUT2D eigenvalue weighted by Crippen LogP contribution is -2.42. The number of hydrogen-bond donors (Lipinski definition) is 3. The van der Waals surface area contributed by atoms with E-state index in [0.717, 1.165) is 18.4 Å². The molecule has 5 nitrogen and oxygen atoms in total. The Kier molecular flexibility index (Phi) is 5.07. The van der Waals surface area contributed by atoms with Crippen molar-refractivity contribution in [3.05, 3.63) is 28.8 Å². The summed E-state index contributed by atoms with van der Waals surface area (Å²) in [5, 5.41) is 15.2. The second kappa shape index (κ2) is 6.80. The van der Waals surface area contributed by atoms with Gasteiger partial charge in [0, 0.05) is 16.8 Å². The van der Waals surface area contributed by atoms with E-state index >= 15 is 0 Å². The fraction of sp³-hybridized carbons (Fsp3) is 0.467. The van der Waals surface area contributed by atoms with Gasteiger partial charge in [0.05, 0.1) is 5.92 Å². The Morgan fingerprint density at radius 1 is 1.33 bits per heavy atom. The minimum absolute atomic E-state index is 0.0978. The summed E-state index contributed by atoms with van der Waals surface area (Å²) in [5.41, 5.74) is 1.58.